The summed E-state index contributed by atoms with van der Waals surface area (Å²) in [5, 5.41) is 13.9. The van der Waals surface area contributed by atoms with E-state index in [1.54, 1.807) is 0 Å². The Morgan fingerprint density at radius 3 is 2.94 bits per heavy atom. The summed E-state index contributed by atoms with van der Waals surface area (Å²) in [7, 11) is 0. The van der Waals surface area contributed by atoms with Gasteiger partial charge in [-0.3, -0.25) is 4.98 Å². The molecule has 2 unspecified atom stereocenters. The maximum Gasteiger partial charge on any atom is 0.0653 e. The van der Waals surface area contributed by atoms with Gasteiger partial charge < -0.3 is 10.4 Å². The fraction of sp³-hybridized carbons (Fsp3) is 0.643. The number of piperidine rings is 1. The second kappa shape index (κ2) is 4.75. The van der Waals surface area contributed by atoms with Crippen LogP contribution in [-0.4, -0.2) is 29.3 Å². The minimum absolute atomic E-state index is 0.201. The molecule has 3 nitrogen and oxygen atoms in total. The van der Waals surface area contributed by atoms with E-state index in [1.807, 2.05) is 12.3 Å². The smallest absolute Gasteiger partial charge is 0.0653 e. The van der Waals surface area contributed by atoms with Crippen molar-refractivity contribution in [1.29, 1.82) is 0 Å². The van der Waals surface area contributed by atoms with Crippen LogP contribution in [0.4, 0.5) is 0 Å². The lowest BCUT2D eigenvalue weighted by molar-refractivity contribution is 0.0630. The summed E-state index contributed by atoms with van der Waals surface area (Å²) in [6.45, 7) is 2.09. The number of nitrogens with zero attached hydrogens (tertiary/aromatic N) is 1. The van der Waals surface area contributed by atoms with E-state index in [0.29, 0.717) is 5.92 Å². The average Bonchev–Trinajstić information content (AvgIpc) is 2.83. The van der Waals surface area contributed by atoms with Gasteiger partial charge in [-0.1, -0.05) is 6.07 Å². The topological polar surface area (TPSA) is 45.1 Å². The summed E-state index contributed by atoms with van der Waals surface area (Å²) in [6, 6.07) is 4.15. The van der Waals surface area contributed by atoms with Crippen molar-refractivity contribution in [3.8, 4) is 0 Å². The van der Waals surface area contributed by atoms with E-state index in [-0.39, 0.29) is 12.0 Å². The average molecular weight is 232 g/mol. The number of pyridine rings is 1. The SMILES string of the molecule is OC(C1CCNCC1)C1CCc2cccnc21. The first-order valence-corrected chi connectivity index (χ1v) is 6.69. The lowest BCUT2D eigenvalue weighted by Crippen LogP contribution is -2.36. The highest BCUT2D eigenvalue weighted by atomic mass is 16.3. The first kappa shape index (κ1) is 11.2. The van der Waals surface area contributed by atoms with Gasteiger partial charge in [-0.15, -0.1) is 0 Å². The minimum atomic E-state index is -0.201. The maximum atomic E-state index is 10.6. The van der Waals surface area contributed by atoms with Gasteiger partial charge in [0.25, 0.3) is 0 Å². The van der Waals surface area contributed by atoms with Crippen molar-refractivity contribution in [1.82, 2.24) is 10.3 Å². The second-order valence-corrected chi connectivity index (χ2v) is 5.27. The molecular formula is C14H20N2O. The number of aliphatic hydroxyl groups is 1. The molecule has 1 fully saturated rings. The molecule has 2 N–H and O–H groups in total. The maximum absolute atomic E-state index is 10.6. The molecule has 0 aromatic carbocycles. The van der Waals surface area contributed by atoms with Crippen LogP contribution in [0.5, 0.6) is 0 Å². The summed E-state index contributed by atoms with van der Waals surface area (Å²) in [5.74, 6) is 0.725. The van der Waals surface area contributed by atoms with Gasteiger partial charge >= 0.3 is 0 Å². The van der Waals surface area contributed by atoms with E-state index < -0.39 is 0 Å². The number of nitrogens with one attached hydrogen (secondary N) is 1. The first-order valence-electron chi connectivity index (χ1n) is 6.69. The van der Waals surface area contributed by atoms with Crippen LogP contribution in [0.15, 0.2) is 18.3 Å². The number of rotatable bonds is 2. The van der Waals surface area contributed by atoms with Crippen LogP contribution in [0.25, 0.3) is 0 Å². The zero-order valence-electron chi connectivity index (χ0n) is 10.1. The highest BCUT2D eigenvalue weighted by molar-refractivity contribution is 5.29. The molecule has 0 spiro atoms. The molecule has 0 radical (unpaired) electrons. The number of aryl methyl sites for hydroxylation is 1. The third-order valence-electron chi connectivity index (χ3n) is 4.28. The monoisotopic (exact) mass is 232 g/mol. The Bertz CT molecular complexity index is 388. The number of hydrogen-bond acceptors (Lipinski definition) is 3. The van der Waals surface area contributed by atoms with Gasteiger partial charge in [0.1, 0.15) is 0 Å². The molecule has 0 amide bonds. The summed E-state index contributed by atoms with van der Waals surface area (Å²) < 4.78 is 0. The van der Waals surface area contributed by atoms with Crippen molar-refractivity contribution in [3.63, 3.8) is 0 Å². The zero-order valence-corrected chi connectivity index (χ0v) is 10.1. The molecule has 92 valence electrons. The van der Waals surface area contributed by atoms with E-state index in [2.05, 4.69) is 16.4 Å². The van der Waals surface area contributed by atoms with Crippen molar-refractivity contribution in [2.75, 3.05) is 13.1 Å². The highest BCUT2D eigenvalue weighted by Crippen LogP contribution is 2.37. The minimum Gasteiger partial charge on any atom is -0.392 e. The molecule has 1 aromatic rings. The molecule has 2 aliphatic rings. The van der Waals surface area contributed by atoms with Crippen molar-refractivity contribution < 1.29 is 5.11 Å². The largest absolute Gasteiger partial charge is 0.392 e. The molecule has 2 atom stereocenters. The van der Waals surface area contributed by atoms with Crippen LogP contribution in [0.3, 0.4) is 0 Å². The van der Waals surface area contributed by atoms with Crippen molar-refractivity contribution in [2.24, 2.45) is 5.92 Å². The van der Waals surface area contributed by atoms with Crippen LogP contribution in [0, 0.1) is 5.92 Å². The fourth-order valence-corrected chi connectivity index (χ4v) is 3.29. The van der Waals surface area contributed by atoms with Gasteiger partial charge in [-0.05, 0) is 56.3 Å². The van der Waals surface area contributed by atoms with Crippen molar-refractivity contribution in [2.45, 2.75) is 37.7 Å². The van der Waals surface area contributed by atoms with Gasteiger partial charge in [-0.25, -0.2) is 0 Å². The predicted molar refractivity (Wildman–Crippen MR) is 66.9 cm³/mol. The Labute approximate surface area is 102 Å². The molecule has 2 heterocycles. The van der Waals surface area contributed by atoms with Gasteiger partial charge in [-0.2, -0.15) is 0 Å². The van der Waals surface area contributed by atoms with Gasteiger partial charge in [0, 0.05) is 17.8 Å². The highest BCUT2D eigenvalue weighted by Gasteiger charge is 2.34. The summed E-state index contributed by atoms with van der Waals surface area (Å²) in [4.78, 5) is 4.48. The molecule has 17 heavy (non-hydrogen) atoms. The number of fused-ring (bicyclic) bond motifs is 1. The van der Waals surface area contributed by atoms with Crippen LogP contribution >= 0.6 is 0 Å². The van der Waals surface area contributed by atoms with Gasteiger partial charge in [0.2, 0.25) is 0 Å². The Hall–Kier alpha value is -0.930. The van der Waals surface area contributed by atoms with Gasteiger partial charge in [0.15, 0.2) is 0 Å². The quantitative estimate of drug-likeness (QED) is 0.811. The molecule has 1 saturated heterocycles. The zero-order chi connectivity index (χ0) is 11.7. The summed E-state index contributed by atoms with van der Waals surface area (Å²) in [5.41, 5.74) is 2.49. The number of aliphatic hydroxyl groups excluding tert-OH is 1. The Kier molecular flexibility index (Phi) is 3.12. The van der Waals surface area contributed by atoms with E-state index in [0.717, 1.165) is 44.5 Å². The van der Waals surface area contributed by atoms with Crippen LogP contribution in [0.1, 0.15) is 36.4 Å². The summed E-state index contributed by atoms with van der Waals surface area (Å²) >= 11 is 0. The standard InChI is InChI=1S/C14H20N2O/c17-14(11-5-8-15-9-6-11)12-4-3-10-2-1-7-16-13(10)12/h1-2,7,11-12,14-15,17H,3-6,8-9H2. The molecular weight excluding hydrogens is 212 g/mol. The molecule has 3 rings (SSSR count). The van der Waals surface area contributed by atoms with Crippen molar-refractivity contribution >= 4 is 0 Å². The third-order valence-corrected chi connectivity index (χ3v) is 4.28. The number of aromatic nitrogens is 1. The Morgan fingerprint density at radius 2 is 2.12 bits per heavy atom. The Morgan fingerprint density at radius 1 is 1.29 bits per heavy atom. The normalized spacial score (nSPS) is 26.8. The third kappa shape index (κ3) is 2.09. The van der Waals surface area contributed by atoms with Crippen LogP contribution in [0.2, 0.25) is 0 Å². The fourth-order valence-electron chi connectivity index (χ4n) is 3.29. The number of hydrogen-bond donors (Lipinski definition) is 2. The van der Waals surface area contributed by atoms with Crippen LogP contribution in [-0.2, 0) is 6.42 Å². The Balaban J connectivity index is 1.76. The lowest BCUT2D eigenvalue weighted by Gasteiger charge is -2.30. The molecule has 1 aliphatic heterocycles. The summed E-state index contributed by atoms with van der Waals surface area (Å²) in [6.07, 6.45) is 5.99. The van der Waals surface area contributed by atoms with Gasteiger partial charge in [0.05, 0.1) is 6.10 Å². The van der Waals surface area contributed by atoms with E-state index in [4.69, 9.17) is 0 Å². The second-order valence-electron chi connectivity index (χ2n) is 5.27. The van der Waals surface area contributed by atoms with E-state index in [9.17, 15) is 5.11 Å². The molecule has 1 aliphatic carbocycles. The molecule has 1 aromatic heterocycles. The molecule has 3 heteroatoms. The molecule has 0 bridgehead atoms. The molecule has 0 saturated carbocycles. The van der Waals surface area contributed by atoms with E-state index >= 15 is 0 Å². The lowest BCUT2D eigenvalue weighted by atomic mass is 9.83. The van der Waals surface area contributed by atoms with E-state index in [1.165, 1.54) is 5.56 Å². The van der Waals surface area contributed by atoms with Crippen LogP contribution < -0.4 is 5.32 Å². The predicted octanol–water partition coefficient (Wildman–Crippen LogP) is 1.47. The first-order chi connectivity index (χ1) is 8.36. The van der Waals surface area contributed by atoms with Crippen molar-refractivity contribution in [3.05, 3.63) is 29.6 Å².